The number of rotatable bonds is 8. The van der Waals surface area contributed by atoms with Crippen LogP contribution < -0.4 is 10.1 Å². The number of hydrogen-bond acceptors (Lipinski definition) is 5. The van der Waals surface area contributed by atoms with E-state index in [9.17, 15) is 8.42 Å². The van der Waals surface area contributed by atoms with Crippen LogP contribution in [0.5, 0.6) is 5.75 Å². The highest BCUT2D eigenvalue weighted by molar-refractivity contribution is 7.89. The molecule has 0 amide bonds. The molecule has 27 heavy (non-hydrogen) atoms. The van der Waals surface area contributed by atoms with Crippen molar-refractivity contribution in [3.63, 3.8) is 0 Å². The van der Waals surface area contributed by atoms with E-state index in [4.69, 9.17) is 9.47 Å². The first-order valence-corrected chi connectivity index (χ1v) is 10.6. The lowest BCUT2D eigenvalue weighted by Gasteiger charge is -2.26. The van der Waals surface area contributed by atoms with Gasteiger partial charge in [-0.15, -0.1) is 0 Å². The third-order valence-corrected chi connectivity index (χ3v) is 6.31. The number of sulfonamides is 1. The molecule has 2 aromatic carbocycles. The summed E-state index contributed by atoms with van der Waals surface area (Å²) < 4.78 is 37.5. The van der Waals surface area contributed by atoms with Gasteiger partial charge in [-0.05, 0) is 42.3 Å². The van der Waals surface area contributed by atoms with Gasteiger partial charge in [-0.1, -0.05) is 24.3 Å². The maximum atomic E-state index is 12.6. The van der Waals surface area contributed by atoms with Gasteiger partial charge in [0, 0.05) is 26.2 Å². The van der Waals surface area contributed by atoms with Gasteiger partial charge in [0.1, 0.15) is 5.75 Å². The van der Waals surface area contributed by atoms with Gasteiger partial charge < -0.3 is 14.8 Å². The van der Waals surface area contributed by atoms with Crippen LogP contribution in [0, 0.1) is 0 Å². The Bertz CT molecular complexity index is 831. The Kier molecular flexibility index (Phi) is 6.84. The molecule has 0 aliphatic carbocycles. The van der Waals surface area contributed by atoms with Gasteiger partial charge in [0.25, 0.3) is 0 Å². The Labute approximate surface area is 161 Å². The first kappa shape index (κ1) is 19.8. The van der Waals surface area contributed by atoms with Crippen molar-refractivity contribution < 1.29 is 17.9 Å². The van der Waals surface area contributed by atoms with Crippen LogP contribution in [0.25, 0.3) is 0 Å². The Morgan fingerprint density at radius 3 is 2.44 bits per heavy atom. The number of hydrogen-bond donors (Lipinski definition) is 1. The topological polar surface area (TPSA) is 67.9 Å². The zero-order valence-corrected chi connectivity index (χ0v) is 16.4. The molecule has 1 N–H and O–H groups in total. The minimum Gasteiger partial charge on any atom is -0.494 e. The van der Waals surface area contributed by atoms with Crippen LogP contribution in [0.3, 0.4) is 0 Å². The molecule has 146 valence electrons. The highest BCUT2D eigenvalue weighted by Gasteiger charge is 2.25. The first-order valence-electron chi connectivity index (χ1n) is 9.19. The summed E-state index contributed by atoms with van der Waals surface area (Å²) in [6, 6.07) is 15.1. The van der Waals surface area contributed by atoms with Gasteiger partial charge >= 0.3 is 0 Å². The van der Waals surface area contributed by atoms with Crippen LogP contribution in [0.4, 0.5) is 0 Å². The summed E-state index contributed by atoms with van der Waals surface area (Å²) in [5, 5.41) is 3.38. The Balaban J connectivity index is 1.55. The van der Waals surface area contributed by atoms with Crippen LogP contribution in [0.1, 0.15) is 18.1 Å². The lowest BCUT2D eigenvalue weighted by atomic mass is 10.2. The molecule has 1 saturated heterocycles. The molecule has 1 heterocycles. The predicted molar refractivity (Wildman–Crippen MR) is 104 cm³/mol. The van der Waals surface area contributed by atoms with Crippen molar-refractivity contribution in [2.24, 2.45) is 0 Å². The van der Waals surface area contributed by atoms with Crippen molar-refractivity contribution in [2.45, 2.75) is 24.9 Å². The summed E-state index contributed by atoms with van der Waals surface area (Å²) in [5.74, 6) is 0.870. The monoisotopic (exact) mass is 390 g/mol. The zero-order chi connectivity index (χ0) is 19.1. The molecule has 0 saturated carbocycles. The number of benzene rings is 2. The highest BCUT2D eigenvalue weighted by Crippen LogP contribution is 2.18. The lowest BCUT2D eigenvalue weighted by Crippen LogP contribution is -2.40. The third kappa shape index (κ3) is 5.29. The molecule has 1 fully saturated rings. The quantitative estimate of drug-likeness (QED) is 0.750. The molecule has 0 bridgehead atoms. The van der Waals surface area contributed by atoms with Crippen LogP contribution in [0.15, 0.2) is 53.4 Å². The molecule has 0 unspecified atom stereocenters. The van der Waals surface area contributed by atoms with Crippen molar-refractivity contribution in [3.8, 4) is 5.75 Å². The van der Waals surface area contributed by atoms with E-state index in [0.29, 0.717) is 44.4 Å². The van der Waals surface area contributed by atoms with E-state index in [2.05, 4.69) is 5.32 Å². The van der Waals surface area contributed by atoms with E-state index in [0.717, 1.165) is 23.4 Å². The SMILES string of the molecule is CCOc1cccc(CNCc2ccc(S(=O)(=O)N3CCOCC3)cc2)c1. The average Bonchev–Trinajstić information content (AvgIpc) is 2.70. The fourth-order valence-electron chi connectivity index (χ4n) is 2.98. The maximum Gasteiger partial charge on any atom is 0.243 e. The standard InChI is InChI=1S/C20H26N2O4S/c1-2-26-19-5-3-4-18(14-19)16-21-15-17-6-8-20(9-7-17)27(23,24)22-10-12-25-13-11-22/h3-9,14,21H,2,10-13,15-16H2,1H3. The number of ether oxygens (including phenoxy) is 2. The van der Waals surface area contributed by atoms with Crippen molar-refractivity contribution in [1.82, 2.24) is 9.62 Å². The molecule has 2 aromatic rings. The summed E-state index contributed by atoms with van der Waals surface area (Å²) in [5.41, 5.74) is 2.18. The molecule has 6 nitrogen and oxygen atoms in total. The van der Waals surface area contributed by atoms with Crippen molar-refractivity contribution >= 4 is 10.0 Å². The summed E-state index contributed by atoms with van der Waals surface area (Å²) in [4.78, 5) is 0.331. The van der Waals surface area contributed by atoms with E-state index in [-0.39, 0.29) is 0 Å². The highest BCUT2D eigenvalue weighted by atomic mass is 32.2. The van der Waals surface area contributed by atoms with E-state index in [1.165, 1.54) is 4.31 Å². The average molecular weight is 391 g/mol. The lowest BCUT2D eigenvalue weighted by molar-refractivity contribution is 0.0730. The molecule has 0 spiro atoms. The first-order chi connectivity index (χ1) is 13.1. The summed E-state index contributed by atoms with van der Waals surface area (Å²) >= 11 is 0. The number of morpholine rings is 1. The third-order valence-electron chi connectivity index (χ3n) is 4.40. The molecule has 0 aromatic heterocycles. The minimum atomic E-state index is -3.43. The Morgan fingerprint density at radius 1 is 1.04 bits per heavy atom. The molecule has 0 radical (unpaired) electrons. The second kappa shape index (κ2) is 9.32. The van der Waals surface area contributed by atoms with Crippen molar-refractivity contribution in [1.29, 1.82) is 0 Å². The zero-order valence-electron chi connectivity index (χ0n) is 15.6. The maximum absolute atomic E-state index is 12.6. The Morgan fingerprint density at radius 2 is 1.74 bits per heavy atom. The number of nitrogens with zero attached hydrogens (tertiary/aromatic N) is 1. The van der Waals surface area contributed by atoms with Crippen molar-refractivity contribution in [2.75, 3.05) is 32.9 Å². The van der Waals surface area contributed by atoms with Gasteiger partial charge in [-0.3, -0.25) is 0 Å². The fourth-order valence-corrected chi connectivity index (χ4v) is 4.39. The van der Waals surface area contributed by atoms with Gasteiger partial charge in [0.2, 0.25) is 10.0 Å². The summed E-state index contributed by atoms with van der Waals surface area (Å²) in [6.07, 6.45) is 0. The van der Waals surface area contributed by atoms with Crippen LogP contribution in [-0.2, 0) is 27.8 Å². The predicted octanol–water partition coefficient (Wildman–Crippen LogP) is 2.40. The van der Waals surface area contributed by atoms with Gasteiger partial charge in [0.05, 0.1) is 24.7 Å². The summed E-state index contributed by atoms with van der Waals surface area (Å²) in [6.45, 7) is 5.71. The molecule has 3 rings (SSSR count). The molecule has 0 atom stereocenters. The fraction of sp³-hybridized carbons (Fsp3) is 0.400. The van der Waals surface area contributed by atoms with Crippen molar-refractivity contribution in [3.05, 3.63) is 59.7 Å². The van der Waals surface area contributed by atoms with Gasteiger partial charge in [-0.2, -0.15) is 4.31 Å². The smallest absolute Gasteiger partial charge is 0.243 e. The molecular formula is C20H26N2O4S. The van der Waals surface area contributed by atoms with Crippen LogP contribution in [-0.4, -0.2) is 45.6 Å². The summed E-state index contributed by atoms with van der Waals surface area (Å²) in [7, 11) is -3.43. The van der Waals surface area contributed by atoms with E-state index < -0.39 is 10.0 Å². The minimum absolute atomic E-state index is 0.331. The largest absolute Gasteiger partial charge is 0.494 e. The number of nitrogens with one attached hydrogen (secondary N) is 1. The second-order valence-electron chi connectivity index (χ2n) is 6.34. The van der Waals surface area contributed by atoms with Gasteiger partial charge in [-0.25, -0.2) is 8.42 Å². The normalized spacial score (nSPS) is 15.6. The molecule has 1 aliphatic heterocycles. The second-order valence-corrected chi connectivity index (χ2v) is 8.28. The van der Waals surface area contributed by atoms with E-state index in [1.54, 1.807) is 12.1 Å². The van der Waals surface area contributed by atoms with Gasteiger partial charge in [0.15, 0.2) is 0 Å². The molecular weight excluding hydrogens is 364 g/mol. The molecule has 1 aliphatic rings. The molecule has 7 heteroatoms. The van der Waals surface area contributed by atoms with E-state index >= 15 is 0 Å². The van der Waals surface area contributed by atoms with E-state index in [1.807, 2.05) is 43.3 Å². The van der Waals surface area contributed by atoms with Crippen LogP contribution in [0.2, 0.25) is 0 Å². The van der Waals surface area contributed by atoms with Crippen LogP contribution >= 0.6 is 0 Å². The Hall–Kier alpha value is -1.93.